The van der Waals surface area contributed by atoms with E-state index in [-0.39, 0.29) is 18.2 Å². The third kappa shape index (κ3) is 5.26. The molecule has 0 aliphatic rings. The zero-order valence-electron chi connectivity index (χ0n) is 19.3. The molecule has 0 spiro atoms. The smallest absolute Gasteiger partial charge is 0.251 e. The Labute approximate surface area is 205 Å². The van der Waals surface area contributed by atoms with E-state index >= 15 is 0 Å². The summed E-state index contributed by atoms with van der Waals surface area (Å²) in [4.78, 5) is 18.0. The van der Waals surface area contributed by atoms with Crippen LogP contribution in [-0.4, -0.2) is 43.8 Å². The largest absolute Gasteiger partial charge is 0.487 e. The van der Waals surface area contributed by atoms with Crippen molar-refractivity contribution in [1.29, 1.82) is 0 Å². The minimum atomic E-state index is -1.19. The molecule has 0 bridgehead atoms. The van der Waals surface area contributed by atoms with E-state index in [0.717, 1.165) is 6.20 Å². The van der Waals surface area contributed by atoms with Gasteiger partial charge in [0.15, 0.2) is 5.82 Å². The summed E-state index contributed by atoms with van der Waals surface area (Å²) in [5, 5.41) is 14.5. The van der Waals surface area contributed by atoms with E-state index in [9.17, 15) is 18.7 Å². The third-order valence-corrected chi connectivity index (χ3v) is 5.81. The molecule has 1 N–H and O–H groups in total. The Kier molecular flexibility index (Phi) is 7.00. The lowest BCUT2D eigenvalue weighted by Crippen LogP contribution is -2.34. The highest BCUT2D eigenvalue weighted by atomic mass is 35.5. The van der Waals surface area contributed by atoms with Crippen molar-refractivity contribution in [2.45, 2.75) is 33.1 Å². The number of hydrogen-bond donors (Lipinski definition) is 1. The van der Waals surface area contributed by atoms with Crippen molar-refractivity contribution in [3.05, 3.63) is 82.3 Å². The number of ether oxygens (including phenoxy) is 1. The average molecular weight is 501 g/mol. The Morgan fingerprint density at radius 1 is 1.26 bits per heavy atom. The number of aliphatic hydroxyl groups excluding tert-OH is 1. The monoisotopic (exact) mass is 500 g/mol. The maximum Gasteiger partial charge on any atom is 0.251 e. The fourth-order valence-electron chi connectivity index (χ4n) is 3.83. The Balaban J connectivity index is 1.69. The molecule has 35 heavy (non-hydrogen) atoms. The van der Waals surface area contributed by atoms with E-state index < -0.39 is 23.6 Å². The van der Waals surface area contributed by atoms with Crippen molar-refractivity contribution >= 4 is 28.4 Å². The van der Waals surface area contributed by atoms with Crippen LogP contribution in [0.25, 0.3) is 16.6 Å². The first-order chi connectivity index (χ1) is 16.6. The van der Waals surface area contributed by atoms with E-state index in [4.69, 9.17) is 16.3 Å². The summed E-state index contributed by atoms with van der Waals surface area (Å²) in [6.45, 7) is 3.18. The number of halogens is 3. The summed E-state index contributed by atoms with van der Waals surface area (Å²) < 4.78 is 35.2. The highest BCUT2D eigenvalue weighted by Crippen LogP contribution is 2.31. The summed E-state index contributed by atoms with van der Waals surface area (Å²) in [5.74, 6) is -1.07. The first-order valence-electron chi connectivity index (χ1n) is 10.8. The summed E-state index contributed by atoms with van der Waals surface area (Å²) in [6.07, 6.45) is 1.21. The molecule has 0 aliphatic heterocycles. The van der Waals surface area contributed by atoms with Crippen LogP contribution in [0.15, 0.2) is 48.8 Å². The quantitative estimate of drug-likeness (QED) is 0.402. The average Bonchev–Trinajstić information content (AvgIpc) is 3.23. The second-order valence-electron chi connectivity index (χ2n) is 8.22. The predicted molar refractivity (Wildman–Crippen MR) is 127 cm³/mol. The summed E-state index contributed by atoms with van der Waals surface area (Å²) in [6, 6.07) is 9.60. The van der Waals surface area contributed by atoms with Crippen molar-refractivity contribution in [3.8, 4) is 11.4 Å². The second kappa shape index (κ2) is 9.97. The second-order valence-corrected chi connectivity index (χ2v) is 8.63. The van der Waals surface area contributed by atoms with Gasteiger partial charge in [-0.3, -0.25) is 4.79 Å². The molecule has 1 amide bonds. The van der Waals surface area contributed by atoms with Crippen LogP contribution in [0.4, 0.5) is 8.78 Å². The van der Waals surface area contributed by atoms with Gasteiger partial charge in [0.25, 0.3) is 5.91 Å². The van der Waals surface area contributed by atoms with Crippen LogP contribution >= 0.6 is 11.6 Å². The highest BCUT2D eigenvalue weighted by Gasteiger charge is 2.19. The molecule has 2 aromatic carbocycles. The molecule has 182 valence electrons. The standard InChI is InChI=1S/C25H23ClF2N4O3/c1-14-7-22(32-12-18(28)10-29-32)19-5-4-6-23(24(19)30-14)35-13-20-16(8-17(27)9-21(20)26)11-31(3)25(34)15(2)33/h4-10,12,15,33H,11,13H2,1-3H3. The topological polar surface area (TPSA) is 80.5 Å². The number of carbonyl (C=O) groups is 1. The van der Waals surface area contributed by atoms with Gasteiger partial charge in [0.1, 0.15) is 29.8 Å². The molecule has 7 nitrogen and oxygen atoms in total. The van der Waals surface area contributed by atoms with Gasteiger partial charge in [0.05, 0.1) is 23.1 Å². The number of benzene rings is 2. The molecule has 1 atom stereocenters. The number of aliphatic hydroxyl groups is 1. The molecule has 0 aliphatic carbocycles. The number of para-hydroxylation sites is 1. The number of nitrogens with zero attached hydrogens (tertiary/aromatic N) is 4. The van der Waals surface area contributed by atoms with Gasteiger partial charge in [-0.15, -0.1) is 0 Å². The number of carbonyl (C=O) groups excluding carboxylic acids is 1. The van der Waals surface area contributed by atoms with Crippen LogP contribution in [-0.2, 0) is 17.9 Å². The predicted octanol–water partition coefficient (Wildman–Crippen LogP) is 4.58. The zero-order valence-corrected chi connectivity index (χ0v) is 20.1. The van der Waals surface area contributed by atoms with E-state index in [0.29, 0.717) is 39.2 Å². The van der Waals surface area contributed by atoms with Gasteiger partial charge in [-0.05, 0) is 43.7 Å². The molecule has 0 saturated carbocycles. The van der Waals surface area contributed by atoms with Gasteiger partial charge in [-0.2, -0.15) is 5.10 Å². The minimum Gasteiger partial charge on any atom is -0.487 e. The van der Waals surface area contributed by atoms with Crippen molar-refractivity contribution < 1.29 is 23.4 Å². The van der Waals surface area contributed by atoms with Crippen LogP contribution in [0, 0.1) is 18.6 Å². The Bertz CT molecular complexity index is 1410. The van der Waals surface area contributed by atoms with E-state index in [1.807, 2.05) is 13.0 Å². The van der Waals surface area contributed by atoms with Crippen LogP contribution < -0.4 is 4.74 Å². The van der Waals surface area contributed by atoms with Crippen LogP contribution in [0.3, 0.4) is 0 Å². The molecule has 4 aromatic rings. The lowest BCUT2D eigenvalue weighted by molar-refractivity contribution is -0.138. The normalized spacial score (nSPS) is 12.1. The number of rotatable bonds is 7. The van der Waals surface area contributed by atoms with Crippen molar-refractivity contribution in [3.63, 3.8) is 0 Å². The Morgan fingerprint density at radius 2 is 2.03 bits per heavy atom. The first kappa shape index (κ1) is 24.6. The maximum absolute atomic E-state index is 14.1. The molecule has 4 rings (SSSR count). The van der Waals surface area contributed by atoms with Gasteiger partial charge in [0, 0.05) is 30.2 Å². The summed E-state index contributed by atoms with van der Waals surface area (Å²) >= 11 is 6.34. The van der Waals surface area contributed by atoms with Gasteiger partial charge in [-0.1, -0.05) is 23.7 Å². The molecular weight excluding hydrogens is 478 g/mol. The fraction of sp³-hybridized carbons (Fsp3) is 0.240. The minimum absolute atomic E-state index is 0.0222. The molecule has 2 heterocycles. The Hall–Kier alpha value is -3.56. The van der Waals surface area contributed by atoms with Crippen LogP contribution in [0.1, 0.15) is 23.7 Å². The number of likely N-dealkylation sites (N-methyl/N-ethyl adjacent to an activating group) is 1. The van der Waals surface area contributed by atoms with Gasteiger partial charge < -0.3 is 14.7 Å². The first-order valence-corrected chi connectivity index (χ1v) is 11.2. The highest BCUT2D eigenvalue weighted by molar-refractivity contribution is 6.31. The number of fused-ring (bicyclic) bond motifs is 1. The summed E-state index contributed by atoms with van der Waals surface area (Å²) in [5.41, 5.74) is 2.80. The number of hydrogen-bond acceptors (Lipinski definition) is 5. The number of aryl methyl sites for hydroxylation is 1. The Morgan fingerprint density at radius 3 is 2.71 bits per heavy atom. The van der Waals surface area contributed by atoms with Gasteiger partial charge in [0.2, 0.25) is 0 Å². The van der Waals surface area contributed by atoms with Crippen LogP contribution in [0.5, 0.6) is 5.75 Å². The van der Waals surface area contributed by atoms with Crippen molar-refractivity contribution in [1.82, 2.24) is 19.7 Å². The van der Waals surface area contributed by atoms with E-state index in [2.05, 4.69) is 10.1 Å². The lowest BCUT2D eigenvalue weighted by Gasteiger charge is -2.21. The van der Waals surface area contributed by atoms with Crippen molar-refractivity contribution in [2.75, 3.05) is 7.05 Å². The number of amides is 1. The van der Waals surface area contributed by atoms with E-state index in [1.54, 1.807) is 18.2 Å². The lowest BCUT2D eigenvalue weighted by atomic mass is 10.1. The van der Waals surface area contributed by atoms with Gasteiger partial charge >= 0.3 is 0 Å². The van der Waals surface area contributed by atoms with Crippen molar-refractivity contribution in [2.24, 2.45) is 0 Å². The maximum atomic E-state index is 14.1. The zero-order chi connectivity index (χ0) is 25.3. The summed E-state index contributed by atoms with van der Waals surface area (Å²) in [7, 11) is 1.51. The van der Waals surface area contributed by atoms with Crippen LogP contribution in [0.2, 0.25) is 5.02 Å². The molecule has 0 radical (unpaired) electrons. The SMILES string of the molecule is Cc1cc(-n2cc(F)cn2)c2cccc(OCc3c(Cl)cc(F)cc3CN(C)C(=O)C(C)O)c2n1. The third-order valence-electron chi connectivity index (χ3n) is 5.47. The number of pyridine rings is 1. The number of aromatic nitrogens is 3. The molecule has 0 fully saturated rings. The molecule has 10 heteroatoms. The van der Waals surface area contributed by atoms with Gasteiger partial charge in [-0.25, -0.2) is 18.4 Å². The fourth-order valence-corrected chi connectivity index (χ4v) is 4.11. The molecule has 1 unspecified atom stereocenters. The van der Waals surface area contributed by atoms with E-state index in [1.165, 1.54) is 41.9 Å². The molecule has 2 aromatic heterocycles. The molecule has 0 saturated heterocycles. The molecular formula is C25H23ClF2N4O3.